The predicted molar refractivity (Wildman–Crippen MR) is 68.5 cm³/mol. The molecule has 2 aliphatic rings. The molecule has 0 unspecified atom stereocenters. The average Bonchev–Trinajstić information content (AvgIpc) is 2.36. The van der Waals surface area contributed by atoms with Crippen LogP contribution >= 0.6 is 0 Å². The van der Waals surface area contributed by atoms with Gasteiger partial charge in [-0.15, -0.1) is 0 Å². The molecule has 1 fully saturated rings. The summed E-state index contributed by atoms with van der Waals surface area (Å²) in [5, 5.41) is 9.31. The largest absolute Gasteiger partial charge is 0.493 e. The molecule has 1 aliphatic carbocycles. The number of carboxylic acid groups (broad SMARTS) is 1. The van der Waals surface area contributed by atoms with Gasteiger partial charge in [0.05, 0.1) is 6.61 Å². The average molecular weight is 260 g/mol. The normalized spacial score (nSPS) is 19.8. The lowest BCUT2D eigenvalue weighted by molar-refractivity contribution is -0.150. The highest BCUT2D eigenvalue weighted by Gasteiger charge is 2.51. The second-order valence-electron chi connectivity index (χ2n) is 5.34. The predicted octanol–water partition coefficient (Wildman–Crippen LogP) is 2.45. The Morgan fingerprint density at radius 3 is 2.63 bits per heavy atom. The first-order valence-electron chi connectivity index (χ1n) is 6.67. The van der Waals surface area contributed by atoms with Crippen molar-refractivity contribution < 1.29 is 19.4 Å². The fraction of sp³-hybridized carbons (Fsp3) is 0.467. The number of carbonyl (C=O) groups is 2. The first-order chi connectivity index (χ1) is 9.13. The van der Waals surface area contributed by atoms with Crippen LogP contribution in [0, 0.1) is 5.41 Å². The van der Waals surface area contributed by atoms with Gasteiger partial charge in [-0.2, -0.15) is 0 Å². The molecule has 3 rings (SSSR count). The Labute approximate surface area is 111 Å². The Morgan fingerprint density at radius 1 is 1.21 bits per heavy atom. The van der Waals surface area contributed by atoms with E-state index in [1.54, 1.807) is 18.2 Å². The summed E-state index contributed by atoms with van der Waals surface area (Å²) in [5.74, 6) is -0.418. The van der Waals surface area contributed by atoms with Gasteiger partial charge in [0.25, 0.3) is 0 Å². The highest BCUT2D eigenvalue weighted by atomic mass is 16.5. The van der Waals surface area contributed by atoms with Crippen molar-refractivity contribution in [1.29, 1.82) is 0 Å². The Kier molecular flexibility index (Phi) is 2.81. The number of rotatable bonds is 3. The van der Waals surface area contributed by atoms with Crippen molar-refractivity contribution in [1.82, 2.24) is 0 Å². The molecule has 0 amide bonds. The van der Waals surface area contributed by atoms with Crippen molar-refractivity contribution in [2.75, 3.05) is 6.61 Å². The molecular weight excluding hydrogens is 244 g/mol. The summed E-state index contributed by atoms with van der Waals surface area (Å²) in [6.45, 7) is 0.708. The van der Waals surface area contributed by atoms with Gasteiger partial charge in [-0.25, -0.2) is 0 Å². The molecule has 1 N–H and O–H groups in total. The van der Waals surface area contributed by atoms with Crippen LogP contribution in [0.1, 0.15) is 41.6 Å². The topological polar surface area (TPSA) is 63.6 Å². The van der Waals surface area contributed by atoms with Crippen LogP contribution in [0.4, 0.5) is 0 Å². The van der Waals surface area contributed by atoms with Crippen molar-refractivity contribution in [2.24, 2.45) is 5.41 Å². The van der Waals surface area contributed by atoms with Crippen LogP contribution in [0.25, 0.3) is 0 Å². The van der Waals surface area contributed by atoms with Gasteiger partial charge >= 0.3 is 5.97 Å². The van der Waals surface area contributed by atoms with E-state index < -0.39 is 11.4 Å². The summed E-state index contributed by atoms with van der Waals surface area (Å²) in [7, 11) is 0. The van der Waals surface area contributed by atoms with E-state index in [2.05, 4.69) is 0 Å². The van der Waals surface area contributed by atoms with E-state index in [4.69, 9.17) is 4.74 Å². The van der Waals surface area contributed by atoms with Crippen molar-refractivity contribution in [3.63, 3.8) is 0 Å². The van der Waals surface area contributed by atoms with E-state index in [9.17, 15) is 14.7 Å². The van der Waals surface area contributed by atoms with Crippen LogP contribution in [0.3, 0.4) is 0 Å². The molecule has 100 valence electrons. The number of fused-ring (bicyclic) bond motifs is 1. The molecule has 0 spiro atoms. The van der Waals surface area contributed by atoms with Crippen LogP contribution in [-0.2, 0) is 11.2 Å². The van der Waals surface area contributed by atoms with Gasteiger partial charge in [-0.05, 0) is 49.4 Å². The molecule has 4 heteroatoms. The van der Waals surface area contributed by atoms with Gasteiger partial charge in [0.1, 0.15) is 11.2 Å². The Hall–Kier alpha value is -1.84. The van der Waals surface area contributed by atoms with Crippen LogP contribution in [0.15, 0.2) is 18.2 Å². The van der Waals surface area contributed by atoms with Crippen LogP contribution in [0.5, 0.6) is 5.75 Å². The van der Waals surface area contributed by atoms with Gasteiger partial charge in [0.15, 0.2) is 5.78 Å². The number of carboxylic acids is 1. The second kappa shape index (κ2) is 4.37. The number of aliphatic carboxylic acids is 1. The summed E-state index contributed by atoms with van der Waals surface area (Å²) in [6.07, 6.45) is 3.54. The summed E-state index contributed by atoms with van der Waals surface area (Å²) < 4.78 is 5.50. The molecule has 0 bridgehead atoms. The minimum atomic E-state index is -1.18. The summed E-state index contributed by atoms with van der Waals surface area (Å²) in [6, 6.07) is 5.28. The minimum Gasteiger partial charge on any atom is -0.493 e. The molecule has 4 nitrogen and oxygen atoms in total. The lowest BCUT2D eigenvalue weighted by atomic mass is 9.64. The van der Waals surface area contributed by atoms with Crippen molar-refractivity contribution in [2.45, 2.75) is 32.1 Å². The third kappa shape index (κ3) is 1.82. The summed E-state index contributed by atoms with van der Waals surface area (Å²) >= 11 is 0. The highest BCUT2D eigenvalue weighted by Crippen LogP contribution is 2.44. The number of aryl methyl sites for hydroxylation is 1. The second-order valence-corrected chi connectivity index (χ2v) is 5.34. The maximum Gasteiger partial charge on any atom is 0.317 e. The minimum absolute atomic E-state index is 0.250. The first kappa shape index (κ1) is 12.2. The molecule has 0 atom stereocenters. The number of Topliss-reactive ketones (excluding diaryl/α,β-unsaturated/α-hetero) is 1. The molecule has 1 aromatic carbocycles. The molecule has 0 aromatic heterocycles. The molecule has 1 heterocycles. The lowest BCUT2D eigenvalue weighted by Crippen LogP contribution is -2.45. The Balaban J connectivity index is 1.94. The number of benzene rings is 1. The molecular formula is C15H16O4. The van der Waals surface area contributed by atoms with Crippen molar-refractivity contribution in [3.05, 3.63) is 29.3 Å². The number of ketones is 1. The fourth-order valence-corrected chi connectivity index (χ4v) is 2.85. The van der Waals surface area contributed by atoms with Crippen LogP contribution in [0.2, 0.25) is 0 Å². The van der Waals surface area contributed by atoms with Crippen LogP contribution in [-0.4, -0.2) is 23.5 Å². The molecule has 19 heavy (non-hydrogen) atoms. The van der Waals surface area contributed by atoms with Gasteiger partial charge in [-0.1, -0.05) is 6.42 Å². The van der Waals surface area contributed by atoms with Gasteiger partial charge in [0, 0.05) is 5.56 Å². The zero-order valence-corrected chi connectivity index (χ0v) is 10.6. The highest BCUT2D eigenvalue weighted by molar-refractivity contribution is 6.12. The molecule has 1 aromatic rings. The van der Waals surface area contributed by atoms with E-state index in [0.717, 1.165) is 30.6 Å². The maximum absolute atomic E-state index is 12.5. The monoisotopic (exact) mass is 260 g/mol. The van der Waals surface area contributed by atoms with E-state index in [1.165, 1.54) is 0 Å². The van der Waals surface area contributed by atoms with E-state index >= 15 is 0 Å². The van der Waals surface area contributed by atoms with E-state index in [0.29, 0.717) is 25.0 Å². The standard InChI is InChI=1S/C15H16O4/c16-13(15(14(17)18)6-2-7-15)11-4-5-12-10(9-11)3-1-8-19-12/h4-5,9H,1-3,6-8H2,(H,17,18). The summed E-state index contributed by atoms with van der Waals surface area (Å²) in [5.41, 5.74) is 0.340. The zero-order valence-electron chi connectivity index (χ0n) is 10.6. The van der Waals surface area contributed by atoms with Gasteiger partial charge in [-0.3, -0.25) is 9.59 Å². The van der Waals surface area contributed by atoms with Crippen molar-refractivity contribution in [3.8, 4) is 5.75 Å². The van der Waals surface area contributed by atoms with Crippen molar-refractivity contribution >= 4 is 11.8 Å². The Bertz CT molecular complexity index is 543. The molecule has 1 saturated carbocycles. The SMILES string of the molecule is O=C(O)C1(C(=O)c2ccc3c(c2)CCCO3)CCC1. The first-order valence-corrected chi connectivity index (χ1v) is 6.67. The van der Waals surface area contributed by atoms with E-state index in [1.807, 2.05) is 0 Å². The number of hydrogen-bond acceptors (Lipinski definition) is 3. The van der Waals surface area contributed by atoms with Crippen LogP contribution < -0.4 is 4.74 Å². The van der Waals surface area contributed by atoms with Gasteiger partial charge in [0.2, 0.25) is 0 Å². The number of ether oxygens (including phenoxy) is 1. The smallest absolute Gasteiger partial charge is 0.317 e. The number of carbonyl (C=O) groups excluding carboxylic acids is 1. The third-order valence-electron chi connectivity index (χ3n) is 4.22. The maximum atomic E-state index is 12.5. The lowest BCUT2D eigenvalue weighted by Gasteiger charge is -2.36. The fourth-order valence-electron chi connectivity index (χ4n) is 2.85. The van der Waals surface area contributed by atoms with E-state index in [-0.39, 0.29) is 5.78 Å². The molecule has 0 radical (unpaired) electrons. The quantitative estimate of drug-likeness (QED) is 0.669. The molecule has 0 saturated heterocycles. The number of hydrogen-bond donors (Lipinski definition) is 1. The molecule has 1 aliphatic heterocycles. The zero-order chi connectivity index (χ0) is 13.5. The summed E-state index contributed by atoms with van der Waals surface area (Å²) in [4.78, 5) is 23.8. The third-order valence-corrected chi connectivity index (χ3v) is 4.22. The Morgan fingerprint density at radius 2 is 2.00 bits per heavy atom. The van der Waals surface area contributed by atoms with Gasteiger partial charge < -0.3 is 9.84 Å².